The molecule has 1 aromatic rings. The highest BCUT2D eigenvalue weighted by atomic mass is 16.3. The standard InChI is InChI=1S/C40H50O8/c1-37(2)13-23(41)33(24(42)14-37)31(34-25(43)15-38(3,4)16-26(34)44)21-9-11-22(12-10-21)32(35-27(45)17-39(5,6)18-28(35)46)36-29(47)19-40(7,8)20-30(36)48/h9-12,31-33,35,43,47H,13-20H2,1-8H3. The molecule has 2 saturated carbocycles. The molecule has 0 aliphatic heterocycles. The van der Waals surface area contributed by atoms with Crippen LogP contribution in [0.1, 0.15) is 130 Å². The number of hydrogen-bond donors (Lipinski definition) is 2. The molecule has 0 spiro atoms. The second-order valence-corrected chi connectivity index (χ2v) is 18.1. The first-order chi connectivity index (χ1) is 22.0. The van der Waals surface area contributed by atoms with Crippen molar-refractivity contribution in [1.82, 2.24) is 0 Å². The number of Topliss-reactive ketones (excluding diaryl/α,β-unsaturated/α-hetero) is 6. The quantitative estimate of drug-likeness (QED) is 0.301. The summed E-state index contributed by atoms with van der Waals surface area (Å²) in [5, 5.41) is 22.6. The predicted molar refractivity (Wildman–Crippen MR) is 180 cm³/mol. The Hall–Kier alpha value is -3.68. The highest BCUT2D eigenvalue weighted by Gasteiger charge is 2.50. The van der Waals surface area contributed by atoms with Gasteiger partial charge in [-0.15, -0.1) is 0 Å². The van der Waals surface area contributed by atoms with Crippen LogP contribution in [0.2, 0.25) is 0 Å². The lowest BCUT2D eigenvalue weighted by Crippen LogP contribution is -2.43. The van der Waals surface area contributed by atoms with E-state index in [0.717, 1.165) is 0 Å². The summed E-state index contributed by atoms with van der Waals surface area (Å²) in [6, 6.07) is 6.66. The van der Waals surface area contributed by atoms with E-state index < -0.39 is 45.3 Å². The molecule has 48 heavy (non-hydrogen) atoms. The molecule has 0 saturated heterocycles. The summed E-state index contributed by atoms with van der Waals surface area (Å²) < 4.78 is 0. The van der Waals surface area contributed by atoms with Crippen LogP contribution in [0.15, 0.2) is 46.9 Å². The number of ketones is 6. The summed E-state index contributed by atoms with van der Waals surface area (Å²) in [5.41, 5.74) is -0.925. The largest absolute Gasteiger partial charge is 0.512 e. The fourth-order valence-corrected chi connectivity index (χ4v) is 8.83. The van der Waals surface area contributed by atoms with Gasteiger partial charge in [0.25, 0.3) is 0 Å². The van der Waals surface area contributed by atoms with E-state index in [1.54, 1.807) is 24.3 Å². The maximum Gasteiger partial charge on any atom is 0.163 e. The number of allylic oxidation sites excluding steroid dienone is 4. The Morgan fingerprint density at radius 3 is 0.958 bits per heavy atom. The number of aliphatic hydroxyl groups is 2. The molecule has 2 fully saturated rings. The Morgan fingerprint density at radius 2 is 0.708 bits per heavy atom. The van der Waals surface area contributed by atoms with Gasteiger partial charge in [-0.2, -0.15) is 0 Å². The molecule has 1 aromatic carbocycles. The van der Waals surface area contributed by atoms with Gasteiger partial charge in [0.15, 0.2) is 11.6 Å². The smallest absolute Gasteiger partial charge is 0.163 e. The zero-order valence-corrected chi connectivity index (χ0v) is 29.6. The molecule has 2 N–H and O–H groups in total. The third-order valence-corrected chi connectivity index (χ3v) is 10.7. The van der Waals surface area contributed by atoms with Gasteiger partial charge in [-0.05, 0) is 32.8 Å². The molecule has 4 aliphatic rings. The van der Waals surface area contributed by atoms with Gasteiger partial charge in [0.1, 0.15) is 34.7 Å². The molecule has 258 valence electrons. The maximum absolute atomic E-state index is 13.7. The normalized spacial score (nSPS) is 26.2. The molecule has 2 unspecified atom stereocenters. The number of rotatable bonds is 6. The van der Waals surface area contributed by atoms with Crippen LogP contribution in [0.5, 0.6) is 0 Å². The first-order valence-electron chi connectivity index (χ1n) is 17.1. The summed E-state index contributed by atoms with van der Waals surface area (Å²) in [7, 11) is 0. The minimum atomic E-state index is -1.15. The van der Waals surface area contributed by atoms with Crippen molar-refractivity contribution in [3.8, 4) is 0 Å². The Labute approximate surface area is 283 Å². The van der Waals surface area contributed by atoms with Gasteiger partial charge in [0, 0.05) is 74.3 Å². The third-order valence-electron chi connectivity index (χ3n) is 10.7. The average molecular weight is 659 g/mol. The SMILES string of the molecule is CC1(C)CC(=O)C(C(C2=C(O)CC(C)(C)CC2=O)c2ccc(C(C3=C(O)CC(C)(C)CC3=O)C3C(=O)CC(C)(C)CC3=O)cc2)C(=O)C1. The lowest BCUT2D eigenvalue weighted by Gasteiger charge is -2.40. The van der Waals surface area contributed by atoms with Gasteiger partial charge in [-0.3, -0.25) is 28.8 Å². The summed E-state index contributed by atoms with van der Waals surface area (Å²) in [6.45, 7) is 15.0. The van der Waals surface area contributed by atoms with Gasteiger partial charge < -0.3 is 10.2 Å². The van der Waals surface area contributed by atoms with Crippen LogP contribution >= 0.6 is 0 Å². The predicted octanol–water partition coefficient (Wildman–Crippen LogP) is 7.41. The van der Waals surface area contributed by atoms with E-state index in [2.05, 4.69) is 0 Å². The van der Waals surface area contributed by atoms with Crippen molar-refractivity contribution in [3.05, 3.63) is 58.1 Å². The average Bonchev–Trinajstić information content (AvgIpc) is 2.87. The fourth-order valence-electron chi connectivity index (χ4n) is 8.83. The zero-order chi connectivity index (χ0) is 35.7. The van der Waals surface area contributed by atoms with E-state index >= 15 is 0 Å². The first-order valence-corrected chi connectivity index (χ1v) is 17.1. The Morgan fingerprint density at radius 1 is 0.458 bits per heavy atom. The van der Waals surface area contributed by atoms with Crippen LogP contribution in [-0.4, -0.2) is 44.9 Å². The van der Waals surface area contributed by atoms with Crippen LogP contribution in [0, 0.1) is 33.5 Å². The number of aliphatic hydroxyl groups excluding tert-OH is 2. The van der Waals surface area contributed by atoms with Gasteiger partial charge in [-0.25, -0.2) is 0 Å². The summed E-state index contributed by atoms with van der Waals surface area (Å²) in [4.78, 5) is 82.0. The molecule has 4 aliphatic carbocycles. The molecular weight excluding hydrogens is 608 g/mol. The molecule has 8 nitrogen and oxygen atoms in total. The van der Waals surface area contributed by atoms with Crippen LogP contribution < -0.4 is 0 Å². The van der Waals surface area contributed by atoms with Crippen LogP contribution in [-0.2, 0) is 28.8 Å². The highest BCUT2D eigenvalue weighted by Crippen LogP contribution is 2.50. The summed E-state index contributed by atoms with van der Waals surface area (Å²) >= 11 is 0. The van der Waals surface area contributed by atoms with E-state index in [1.807, 2.05) is 55.4 Å². The van der Waals surface area contributed by atoms with Crippen molar-refractivity contribution in [2.75, 3.05) is 0 Å². The van der Waals surface area contributed by atoms with Gasteiger partial charge >= 0.3 is 0 Å². The molecular formula is C40H50O8. The molecule has 0 heterocycles. The van der Waals surface area contributed by atoms with Crippen LogP contribution in [0.3, 0.4) is 0 Å². The topological polar surface area (TPSA) is 143 Å². The maximum atomic E-state index is 13.7. The monoisotopic (exact) mass is 658 g/mol. The second-order valence-electron chi connectivity index (χ2n) is 18.1. The lowest BCUT2D eigenvalue weighted by molar-refractivity contribution is -0.142. The fraction of sp³-hybridized carbons (Fsp3) is 0.600. The van der Waals surface area contributed by atoms with Gasteiger partial charge in [0.2, 0.25) is 0 Å². The molecule has 0 aromatic heterocycles. The number of benzene rings is 1. The van der Waals surface area contributed by atoms with Crippen molar-refractivity contribution in [1.29, 1.82) is 0 Å². The zero-order valence-electron chi connectivity index (χ0n) is 29.6. The molecule has 0 amide bonds. The summed E-state index contributed by atoms with van der Waals surface area (Å²) in [6.07, 6.45) is 1.36. The van der Waals surface area contributed by atoms with Crippen molar-refractivity contribution in [2.24, 2.45) is 33.5 Å². The molecule has 0 radical (unpaired) electrons. The minimum Gasteiger partial charge on any atom is -0.512 e. The van der Waals surface area contributed by atoms with E-state index in [0.29, 0.717) is 11.1 Å². The van der Waals surface area contributed by atoms with E-state index in [1.165, 1.54) is 0 Å². The van der Waals surface area contributed by atoms with E-state index in [-0.39, 0.29) is 109 Å². The van der Waals surface area contributed by atoms with Gasteiger partial charge in [-0.1, -0.05) is 79.7 Å². The van der Waals surface area contributed by atoms with Gasteiger partial charge in [0.05, 0.1) is 11.8 Å². The Balaban J connectivity index is 1.65. The van der Waals surface area contributed by atoms with E-state index in [9.17, 15) is 39.0 Å². The van der Waals surface area contributed by atoms with Crippen molar-refractivity contribution in [2.45, 2.75) is 119 Å². The molecule has 5 rings (SSSR count). The van der Waals surface area contributed by atoms with Crippen molar-refractivity contribution >= 4 is 34.7 Å². The molecule has 8 heteroatoms. The number of carbonyl (C=O) groups is 6. The second kappa shape index (κ2) is 12.0. The van der Waals surface area contributed by atoms with Crippen LogP contribution in [0.4, 0.5) is 0 Å². The van der Waals surface area contributed by atoms with Crippen molar-refractivity contribution < 1.29 is 39.0 Å². The summed E-state index contributed by atoms with van der Waals surface area (Å²) in [5.74, 6) is -6.35. The molecule has 2 atom stereocenters. The highest BCUT2D eigenvalue weighted by molar-refractivity contribution is 6.10. The first kappa shape index (κ1) is 35.6. The number of hydrogen-bond acceptors (Lipinski definition) is 8. The van der Waals surface area contributed by atoms with E-state index in [4.69, 9.17) is 0 Å². The third kappa shape index (κ3) is 6.90. The Bertz CT molecular complexity index is 1500. The van der Waals surface area contributed by atoms with Crippen LogP contribution in [0.25, 0.3) is 0 Å². The molecule has 0 bridgehead atoms. The van der Waals surface area contributed by atoms with Crippen molar-refractivity contribution in [3.63, 3.8) is 0 Å². The lowest BCUT2D eigenvalue weighted by atomic mass is 9.61. The minimum absolute atomic E-state index is 0.0786. The Kier molecular flexibility index (Phi) is 8.93. The number of carbonyl (C=O) groups excluding carboxylic acids is 6.